The lowest BCUT2D eigenvalue weighted by atomic mass is 10.1. The number of amides is 1. The van der Waals surface area contributed by atoms with Crippen LogP contribution < -0.4 is 0 Å². The summed E-state index contributed by atoms with van der Waals surface area (Å²) in [5.74, 6) is 5.94. The topological polar surface area (TPSA) is 40.5 Å². The summed E-state index contributed by atoms with van der Waals surface area (Å²) in [6, 6.07) is 7.42. The summed E-state index contributed by atoms with van der Waals surface area (Å²) in [6.07, 6.45) is 3.88. The number of rotatable bonds is 2. The molecular weight excluding hydrogens is 238 g/mol. The fraction of sp³-hybridized carbons (Fsp3) is 0.438. The predicted octanol–water partition coefficient (Wildman–Crippen LogP) is 2.05. The first-order chi connectivity index (χ1) is 9.31. The van der Waals surface area contributed by atoms with Crippen molar-refractivity contribution in [2.24, 2.45) is 0 Å². The molecule has 0 unspecified atom stereocenters. The molecule has 1 saturated heterocycles. The second-order valence-corrected chi connectivity index (χ2v) is 4.71. The van der Waals surface area contributed by atoms with Crippen LogP contribution in [-0.2, 0) is 0 Å². The summed E-state index contributed by atoms with van der Waals surface area (Å²) in [5, 5.41) is 8.69. The van der Waals surface area contributed by atoms with E-state index >= 15 is 0 Å². The Morgan fingerprint density at radius 1 is 1.26 bits per heavy atom. The first kappa shape index (κ1) is 13.6. The molecule has 1 amide bonds. The quantitative estimate of drug-likeness (QED) is 0.824. The molecule has 0 saturated carbocycles. The molecule has 1 fully saturated rings. The SMILES string of the molecule is O=C(c1cccc(C#CCCO)c1)N1CCCCC1. The Morgan fingerprint density at radius 2 is 2.05 bits per heavy atom. The van der Waals surface area contributed by atoms with Crippen LogP contribution in [0.1, 0.15) is 41.6 Å². The minimum absolute atomic E-state index is 0.0688. The van der Waals surface area contributed by atoms with Gasteiger partial charge in [-0.25, -0.2) is 0 Å². The lowest BCUT2D eigenvalue weighted by Crippen LogP contribution is -2.35. The van der Waals surface area contributed by atoms with E-state index in [1.54, 1.807) is 0 Å². The van der Waals surface area contributed by atoms with Crippen LogP contribution in [0.3, 0.4) is 0 Å². The van der Waals surface area contributed by atoms with Gasteiger partial charge in [0.1, 0.15) is 0 Å². The summed E-state index contributed by atoms with van der Waals surface area (Å²) in [6.45, 7) is 1.79. The van der Waals surface area contributed by atoms with Crippen LogP contribution in [-0.4, -0.2) is 35.6 Å². The Morgan fingerprint density at radius 3 is 2.79 bits per heavy atom. The molecule has 0 spiro atoms. The lowest BCUT2D eigenvalue weighted by Gasteiger charge is -2.26. The molecule has 2 rings (SSSR count). The largest absolute Gasteiger partial charge is 0.395 e. The number of aliphatic hydroxyl groups is 1. The fourth-order valence-corrected chi connectivity index (χ4v) is 2.23. The zero-order valence-corrected chi connectivity index (χ0v) is 11.1. The van der Waals surface area contributed by atoms with Gasteiger partial charge < -0.3 is 10.0 Å². The van der Waals surface area contributed by atoms with Crippen LogP contribution in [0.5, 0.6) is 0 Å². The molecule has 1 aromatic carbocycles. The highest BCUT2D eigenvalue weighted by Crippen LogP contribution is 2.14. The molecule has 0 aromatic heterocycles. The van der Waals surface area contributed by atoms with Crippen molar-refractivity contribution < 1.29 is 9.90 Å². The zero-order valence-electron chi connectivity index (χ0n) is 11.1. The number of carbonyl (C=O) groups excluding carboxylic acids is 1. The Hall–Kier alpha value is -1.79. The molecule has 1 aliphatic rings. The van der Waals surface area contributed by atoms with E-state index in [2.05, 4.69) is 11.8 Å². The lowest BCUT2D eigenvalue weighted by molar-refractivity contribution is 0.0724. The standard InChI is InChI=1S/C16H19NO2/c18-12-5-2-7-14-8-6-9-15(13-14)16(19)17-10-3-1-4-11-17/h6,8-9,13,18H,1,3-5,10-12H2. The molecule has 3 nitrogen and oxygen atoms in total. The maximum Gasteiger partial charge on any atom is 0.253 e. The number of hydrogen-bond donors (Lipinski definition) is 1. The molecule has 0 bridgehead atoms. The summed E-state index contributed by atoms with van der Waals surface area (Å²) in [4.78, 5) is 14.2. The second-order valence-electron chi connectivity index (χ2n) is 4.71. The van der Waals surface area contributed by atoms with Crippen molar-refractivity contribution in [2.75, 3.05) is 19.7 Å². The smallest absolute Gasteiger partial charge is 0.253 e. The third-order valence-corrected chi connectivity index (χ3v) is 3.22. The van der Waals surface area contributed by atoms with Gasteiger partial charge in [0.15, 0.2) is 0 Å². The molecule has 19 heavy (non-hydrogen) atoms. The van der Waals surface area contributed by atoms with E-state index in [1.165, 1.54) is 6.42 Å². The number of aliphatic hydroxyl groups excluding tert-OH is 1. The Labute approximate surface area is 114 Å². The van der Waals surface area contributed by atoms with E-state index < -0.39 is 0 Å². The van der Waals surface area contributed by atoms with Crippen LogP contribution in [0.4, 0.5) is 0 Å². The predicted molar refractivity (Wildman–Crippen MR) is 74.8 cm³/mol. The van der Waals surface area contributed by atoms with E-state index in [-0.39, 0.29) is 12.5 Å². The van der Waals surface area contributed by atoms with Crippen molar-refractivity contribution in [2.45, 2.75) is 25.7 Å². The van der Waals surface area contributed by atoms with E-state index in [4.69, 9.17) is 5.11 Å². The normalized spacial score (nSPS) is 14.7. The van der Waals surface area contributed by atoms with Gasteiger partial charge in [-0.05, 0) is 37.5 Å². The Bertz CT molecular complexity index is 493. The first-order valence-electron chi connectivity index (χ1n) is 6.80. The van der Waals surface area contributed by atoms with Gasteiger partial charge in [0.05, 0.1) is 6.61 Å². The van der Waals surface area contributed by atoms with Crippen molar-refractivity contribution in [3.05, 3.63) is 35.4 Å². The molecule has 0 radical (unpaired) electrons. The molecule has 1 heterocycles. The van der Waals surface area contributed by atoms with Gasteiger partial charge in [0, 0.05) is 30.6 Å². The number of hydrogen-bond acceptors (Lipinski definition) is 2. The Kier molecular flexibility index (Phi) is 5.00. The second kappa shape index (κ2) is 6.96. The van der Waals surface area contributed by atoms with Crippen molar-refractivity contribution in [3.63, 3.8) is 0 Å². The van der Waals surface area contributed by atoms with E-state index in [0.29, 0.717) is 12.0 Å². The van der Waals surface area contributed by atoms with Crippen LogP contribution >= 0.6 is 0 Å². The Balaban J connectivity index is 2.09. The number of benzene rings is 1. The molecule has 1 aromatic rings. The van der Waals surface area contributed by atoms with Crippen molar-refractivity contribution in [1.29, 1.82) is 0 Å². The number of carbonyl (C=O) groups is 1. The summed E-state index contributed by atoms with van der Waals surface area (Å²) in [7, 11) is 0. The fourth-order valence-electron chi connectivity index (χ4n) is 2.23. The van der Waals surface area contributed by atoms with Crippen LogP contribution in [0, 0.1) is 11.8 Å². The number of nitrogens with zero attached hydrogens (tertiary/aromatic N) is 1. The van der Waals surface area contributed by atoms with Gasteiger partial charge in [-0.3, -0.25) is 4.79 Å². The molecule has 1 aliphatic heterocycles. The summed E-state index contributed by atoms with van der Waals surface area (Å²) in [5.41, 5.74) is 1.54. The minimum Gasteiger partial charge on any atom is -0.395 e. The maximum atomic E-state index is 12.3. The highest BCUT2D eigenvalue weighted by Gasteiger charge is 2.17. The maximum absolute atomic E-state index is 12.3. The van der Waals surface area contributed by atoms with Gasteiger partial charge in [-0.1, -0.05) is 17.9 Å². The van der Waals surface area contributed by atoms with Crippen molar-refractivity contribution in [1.82, 2.24) is 4.90 Å². The van der Waals surface area contributed by atoms with Gasteiger partial charge in [-0.2, -0.15) is 0 Å². The van der Waals surface area contributed by atoms with Gasteiger partial charge >= 0.3 is 0 Å². The zero-order chi connectivity index (χ0) is 13.5. The average Bonchev–Trinajstić information content (AvgIpc) is 2.48. The molecule has 100 valence electrons. The van der Waals surface area contributed by atoms with Gasteiger partial charge in [-0.15, -0.1) is 0 Å². The average molecular weight is 257 g/mol. The highest BCUT2D eigenvalue weighted by molar-refractivity contribution is 5.94. The van der Waals surface area contributed by atoms with E-state index in [9.17, 15) is 4.79 Å². The number of likely N-dealkylation sites (tertiary alicyclic amines) is 1. The molecule has 1 N–H and O–H groups in total. The molecule has 0 atom stereocenters. The third-order valence-electron chi connectivity index (χ3n) is 3.22. The highest BCUT2D eigenvalue weighted by atomic mass is 16.2. The molecule has 3 heteroatoms. The van der Waals surface area contributed by atoms with E-state index in [1.807, 2.05) is 29.2 Å². The van der Waals surface area contributed by atoms with Crippen LogP contribution in [0.25, 0.3) is 0 Å². The van der Waals surface area contributed by atoms with Crippen LogP contribution in [0.15, 0.2) is 24.3 Å². The summed E-state index contributed by atoms with van der Waals surface area (Å²) >= 11 is 0. The van der Waals surface area contributed by atoms with E-state index in [0.717, 1.165) is 31.5 Å². The first-order valence-corrected chi connectivity index (χ1v) is 6.80. The van der Waals surface area contributed by atoms with Crippen molar-refractivity contribution >= 4 is 5.91 Å². The van der Waals surface area contributed by atoms with Gasteiger partial charge in [0.2, 0.25) is 0 Å². The monoisotopic (exact) mass is 257 g/mol. The van der Waals surface area contributed by atoms with Crippen molar-refractivity contribution in [3.8, 4) is 11.8 Å². The third kappa shape index (κ3) is 3.84. The molecular formula is C16H19NO2. The number of piperidine rings is 1. The minimum atomic E-state index is 0.0688. The van der Waals surface area contributed by atoms with Crippen LogP contribution in [0.2, 0.25) is 0 Å². The molecule has 0 aliphatic carbocycles. The van der Waals surface area contributed by atoms with Gasteiger partial charge in [0.25, 0.3) is 5.91 Å². The summed E-state index contributed by atoms with van der Waals surface area (Å²) < 4.78 is 0.